The minimum absolute atomic E-state index is 0.00179. The Morgan fingerprint density at radius 2 is 1.41 bits per heavy atom. The van der Waals surface area contributed by atoms with Crippen molar-refractivity contribution in [1.29, 1.82) is 0 Å². The zero-order chi connectivity index (χ0) is 12.3. The molecule has 0 bridgehead atoms. The summed E-state index contributed by atoms with van der Waals surface area (Å²) >= 11 is 0. The van der Waals surface area contributed by atoms with Gasteiger partial charge in [0.1, 0.15) is 17.2 Å². The molecule has 0 amide bonds. The summed E-state index contributed by atoms with van der Waals surface area (Å²) in [6.45, 7) is 0. The summed E-state index contributed by atoms with van der Waals surface area (Å²) < 4.78 is 0. The van der Waals surface area contributed by atoms with Gasteiger partial charge in [0.15, 0.2) is 0 Å². The molecule has 17 heavy (non-hydrogen) atoms. The molecular weight excluding hydrogens is 216 g/mol. The molecule has 0 saturated heterocycles. The summed E-state index contributed by atoms with van der Waals surface area (Å²) in [5.74, 6) is 0.192. The van der Waals surface area contributed by atoms with Gasteiger partial charge >= 0.3 is 0 Å². The smallest absolute Gasteiger partial charge is 0.122 e. The van der Waals surface area contributed by atoms with Gasteiger partial charge in [0.05, 0.1) is 0 Å². The van der Waals surface area contributed by atoms with Crippen LogP contribution in [-0.4, -0.2) is 15.3 Å². The van der Waals surface area contributed by atoms with E-state index in [0.29, 0.717) is 11.1 Å². The number of para-hydroxylation sites is 1. The molecule has 0 heterocycles. The Labute approximate surface area is 98.9 Å². The first-order chi connectivity index (χ1) is 8.15. The van der Waals surface area contributed by atoms with Crippen LogP contribution in [0.15, 0.2) is 42.5 Å². The highest BCUT2D eigenvalue weighted by molar-refractivity contribution is 5.73. The molecule has 0 aliphatic rings. The van der Waals surface area contributed by atoms with Gasteiger partial charge in [0.2, 0.25) is 0 Å². The van der Waals surface area contributed by atoms with Crippen molar-refractivity contribution in [2.24, 2.45) is 0 Å². The molecule has 3 N–H and O–H groups in total. The fourth-order valence-electron chi connectivity index (χ4n) is 1.53. The van der Waals surface area contributed by atoms with Crippen LogP contribution < -0.4 is 0 Å². The molecule has 0 aliphatic heterocycles. The fraction of sp³-hybridized carbons (Fsp3) is 0. The molecule has 0 aliphatic carbocycles. The lowest BCUT2D eigenvalue weighted by Crippen LogP contribution is -1.75. The van der Waals surface area contributed by atoms with Crippen LogP contribution in [0.2, 0.25) is 0 Å². The predicted molar refractivity (Wildman–Crippen MR) is 66.8 cm³/mol. The number of hydrogen-bond acceptors (Lipinski definition) is 3. The zero-order valence-corrected chi connectivity index (χ0v) is 9.04. The summed E-state index contributed by atoms with van der Waals surface area (Å²) in [6, 6.07) is 11.2. The van der Waals surface area contributed by atoms with E-state index < -0.39 is 0 Å². The summed E-state index contributed by atoms with van der Waals surface area (Å²) in [4.78, 5) is 0. The summed E-state index contributed by atoms with van der Waals surface area (Å²) in [6.07, 6.45) is 3.41. The van der Waals surface area contributed by atoms with E-state index in [1.165, 1.54) is 18.2 Å². The van der Waals surface area contributed by atoms with Gasteiger partial charge in [-0.05, 0) is 23.8 Å². The van der Waals surface area contributed by atoms with Crippen molar-refractivity contribution in [3.8, 4) is 17.2 Å². The van der Waals surface area contributed by atoms with Crippen LogP contribution in [0.5, 0.6) is 17.2 Å². The molecule has 0 spiro atoms. The second-order valence-corrected chi connectivity index (χ2v) is 3.67. The van der Waals surface area contributed by atoms with Crippen molar-refractivity contribution in [1.82, 2.24) is 0 Å². The second kappa shape index (κ2) is 4.61. The van der Waals surface area contributed by atoms with Gasteiger partial charge in [-0.25, -0.2) is 0 Å². The minimum Gasteiger partial charge on any atom is -0.508 e. The van der Waals surface area contributed by atoms with Crippen molar-refractivity contribution in [3.05, 3.63) is 53.6 Å². The van der Waals surface area contributed by atoms with Crippen LogP contribution in [0.4, 0.5) is 0 Å². The predicted octanol–water partition coefficient (Wildman–Crippen LogP) is 2.97. The molecule has 0 fully saturated rings. The first-order valence-electron chi connectivity index (χ1n) is 5.14. The van der Waals surface area contributed by atoms with Crippen molar-refractivity contribution < 1.29 is 15.3 Å². The van der Waals surface area contributed by atoms with Crippen molar-refractivity contribution >= 4 is 12.2 Å². The molecule has 3 nitrogen and oxygen atoms in total. The quantitative estimate of drug-likeness (QED) is 0.692. The van der Waals surface area contributed by atoms with Crippen LogP contribution in [0.25, 0.3) is 12.2 Å². The highest BCUT2D eigenvalue weighted by atomic mass is 16.3. The molecule has 86 valence electrons. The third-order valence-corrected chi connectivity index (χ3v) is 2.32. The number of aromatic hydroxyl groups is 3. The maximum atomic E-state index is 9.55. The van der Waals surface area contributed by atoms with Gasteiger partial charge in [-0.3, -0.25) is 0 Å². The van der Waals surface area contributed by atoms with Gasteiger partial charge in [-0.2, -0.15) is 0 Å². The summed E-state index contributed by atoms with van der Waals surface area (Å²) in [5, 5.41) is 28.2. The lowest BCUT2D eigenvalue weighted by atomic mass is 10.1. The molecule has 0 radical (unpaired) electrons. The number of rotatable bonds is 2. The Morgan fingerprint density at radius 3 is 2.06 bits per heavy atom. The SMILES string of the molecule is Oc1cc(O)cc(/C=C\c2ccccc2O)c1. The van der Waals surface area contributed by atoms with E-state index in [9.17, 15) is 15.3 Å². The maximum absolute atomic E-state index is 9.55. The normalized spacial score (nSPS) is 10.8. The van der Waals surface area contributed by atoms with E-state index in [4.69, 9.17) is 0 Å². The monoisotopic (exact) mass is 228 g/mol. The highest BCUT2D eigenvalue weighted by Crippen LogP contribution is 2.23. The zero-order valence-electron chi connectivity index (χ0n) is 9.04. The fourth-order valence-corrected chi connectivity index (χ4v) is 1.53. The average molecular weight is 228 g/mol. The Bertz CT molecular complexity index is 539. The number of hydrogen-bond donors (Lipinski definition) is 3. The maximum Gasteiger partial charge on any atom is 0.122 e. The number of benzene rings is 2. The first kappa shape index (κ1) is 11.1. The van der Waals surface area contributed by atoms with Crippen LogP contribution >= 0.6 is 0 Å². The summed E-state index contributed by atoms with van der Waals surface area (Å²) in [5.41, 5.74) is 1.33. The van der Waals surface area contributed by atoms with Crippen LogP contribution in [-0.2, 0) is 0 Å². The Hall–Kier alpha value is -2.42. The molecule has 0 saturated carbocycles. The van der Waals surface area contributed by atoms with E-state index in [1.54, 1.807) is 30.4 Å². The lowest BCUT2D eigenvalue weighted by molar-refractivity contribution is 0.450. The molecule has 2 rings (SSSR count). The van der Waals surface area contributed by atoms with E-state index in [2.05, 4.69) is 0 Å². The molecular formula is C14H12O3. The van der Waals surface area contributed by atoms with Gasteiger partial charge < -0.3 is 15.3 Å². The van der Waals surface area contributed by atoms with E-state index in [1.807, 2.05) is 6.07 Å². The average Bonchev–Trinajstić information content (AvgIpc) is 2.27. The highest BCUT2D eigenvalue weighted by Gasteiger charge is 1.97. The Morgan fingerprint density at radius 1 is 0.765 bits per heavy atom. The number of phenolic OH excluding ortho intramolecular Hbond substituents is 3. The van der Waals surface area contributed by atoms with Gasteiger partial charge in [-0.1, -0.05) is 30.4 Å². The first-order valence-corrected chi connectivity index (χ1v) is 5.14. The Balaban J connectivity index is 2.29. The molecule has 0 unspecified atom stereocenters. The Kier molecular flexibility index (Phi) is 3.01. The largest absolute Gasteiger partial charge is 0.508 e. The topological polar surface area (TPSA) is 60.7 Å². The van der Waals surface area contributed by atoms with Gasteiger partial charge in [0, 0.05) is 11.6 Å². The number of phenols is 3. The van der Waals surface area contributed by atoms with Crippen LogP contribution in [0, 0.1) is 0 Å². The van der Waals surface area contributed by atoms with Crippen molar-refractivity contribution in [3.63, 3.8) is 0 Å². The van der Waals surface area contributed by atoms with Gasteiger partial charge in [0.25, 0.3) is 0 Å². The molecule has 0 atom stereocenters. The van der Waals surface area contributed by atoms with E-state index >= 15 is 0 Å². The molecule has 3 heteroatoms. The molecule has 0 aromatic heterocycles. The molecule has 2 aromatic rings. The molecule has 2 aromatic carbocycles. The van der Waals surface area contributed by atoms with Crippen molar-refractivity contribution in [2.75, 3.05) is 0 Å². The van der Waals surface area contributed by atoms with Crippen molar-refractivity contribution in [2.45, 2.75) is 0 Å². The third-order valence-electron chi connectivity index (χ3n) is 2.32. The van der Waals surface area contributed by atoms with Crippen LogP contribution in [0.1, 0.15) is 11.1 Å². The lowest BCUT2D eigenvalue weighted by Gasteiger charge is -1.99. The standard InChI is InChI=1S/C14H12O3/c15-12-7-10(8-13(16)9-12)5-6-11-3-1-2-4-14(11)17/h1-9,15-17H/b6-5-. The third kappa shape index (κ3) is 2.78. The van der Waals surface area contributed by atoms with E-state index in [-0.39, 0.29) is 17.2 Å². The second-order valence-electron chi connectivity index (χ2n) is 3.67. The van der Waals surface area contributed by atoms with Gasteiger partial charge in [-0.15, -0.1) is 0 Å². The van der Waals surface area contributed by atoms with Crippen LogP contribution in [0.3, 0.4) is 0 Å². The minimum atomic E-state index is 0.00179. The summed E-state index contributed by atoms with van der Waals surface area (Å²) in [7, 11) is 0. The van der Waals surface area contributed by atoms with E-state index in [0.717, 1.165) is 0 Å².